The van der Waals surface area contributed by atoms with Crippen LogP contribution >= 0.6 is 15.9 Å². The van der Waals surface area contributed by atoms with Crippen LogP contribution in [0.2, 0.25) is 0 Å². The van der Waals surface area contributed by atoms with E-state index in [0.29, 0.717) is 12.1 Å². The monoisotopic (exact) mass is 259 g/mol. The molecule has 0 radical (unpaired) electrons. The molecule has 0 aliphatic rings. The predicted octanol–water partition coefficient (Wildman–Crippen LogP) is 2.72. The summed E-state index contributed by atoms with van der Waals surface area (Å²) in [5.74, 6) is 1.08. The van der Waals surface area contributed by atoms with Gasteiger partial charge in [-0.15, -0.1) is 0 Å². The highest BCUT2D eigenvalue weighted by molar-refractivity contribution is 9.10. The Labute approximate surface area is 94.0 Å². The Hall–Kier alpha value is -0.350. The zero-order chi connectivity index (χ0) is 10.7. The molecular formula is C10H18BrN3. The summed E-state index contributed by atoms with van der Waals surface area (Å²) in [6.45, 7) is 9.41. The fraction of sp³-hybridized carbons (Fsp3) is 0.700. The van der Waals surface area contributed by atoms with Crippen molar-refractivity contribution in [3.8, 4) is 0 Å². The van der Waals surface area contributed by atoms with E-state index < -0.39 is 0 Å². The third kappa shape index (κ3) is 3.10. The Morgan fingerprint density at radius 3 is 2.57 bits per heavy atom. The average molecular weight is 260 g/mol. The van der Waals surface area contributed by atoms with Crippen LogP contribution in [0.3, 0.4) is 0 Å². The van der Waals surface area contributed by atoms with Gasteiger partial charge < -0.3 is 9.88 Å². The minimum atomic E-state index is 0.456. The van der Waals surface area contributed by atoms with Crippen molar-refractivity contribution in [3.05, 3.63) is 16.6 Å². The molecule has 0 saturated carbocycles. The number of nitrogens with zero attached hydrogens (tertiary/aromatic N) is 2. The molecule has 1 aromatic heterocycles. The van der Waals surface area contributed by atoms with Gasteiger partial charge in [0.15, 0.2) is 0 Å². The summed E-state index contributed by atoms with van der Waals surface area (Å²) in [5.41, 5.74) is 0. The first-order valence-electron chi connectivity index (χ1n) is 4.97. The van der Waals surface area contributed by atoms with Gasteiger partial charge in [0, 0.05) is 18.3 Å². The zero-order valence-corrected chi connectivity index (χ0v) is 10.8. The second-order valence-corrected chi connectivity index (χ2v) is 4.83. The second kappa shape index (κ2) is 4.94. The number of aromatic nitrogens is 2. The van der Waals surface area contributed by atoms with Crippen molar-refractivity contribution in [1.29, 1.82) is 0 Å². The molecule has 3 nitrogen and oxygen atoms in total. The second-order valence-electron chi connectivity index (χ2n) is 4.02. The lowest BCUT2D eigenvalue weighted by molar-refractivity contribution is 0.515. The maximum atomic E-state index is 4.42. The number of hydrogen-bond acceptors (Lipinski definition) is 2. The highest BCUT2D eigenvalue weighted by Crippen LogP contribution is 2.15. The number of halogens is 1. The molecule has 0 aromatic carbocycles. The van der Waals surface area contributed by atoms with E-state index in [-0.39, 0.29) is 0 Å². The third-order valence-electron chi connectivity index (χ3n) is 2.00. The lowest BCUT2D eigenvalue weighted by Gasteiger charge is -2.13. The van der Waals surface area contributed by atoms with E-state index in [1.807, 2.05) is 6.20 Å². The van der Waals surface area contributed by atoms with Gasteiger partial charge >= 0.3 is 0 Å². The third-order valence-corrected chi connectivity index (χ3v) is 2.39. The fourth-order valence-corrected chi connectivity index (χ4v) is 1.70. The Balaban J connectivity index is 2.74. The summed E-state index contributed by atoms with van der Waals surface area (Å²) < 4.78 is 3.09. The van der Waals surface area contributed by atoms with Crippen LogP contribution in [0.4, 0.5) is 0 Å². The van der Waals surface area contributed by atoms with Crippen molar-refractivity contribution < 1.29 is 0 Å². The number of nitrogens with one attached hydrogen (secondary N) is 1. The Morgan fingerprint density at radius 1 is 1.43 bits per heavy atom. The van der Waals surface area contributed by atoms with Crippen LogP contribution in [-0.4, -0.2) is 15.6 Å². The molecule has 4 heteroatoms. The first-order valence-corrected chi connectivity index (χ1v) is 5.76. The highest BCUT2D eigenvalue weighted by atomic mass is 79.9. The van der Waals surface area contributed by atoms with Gasteiger partial charge in [-0.25, -0.2) is 4.98 Å². The summed E-state index contributed by atoms with van der Waals surface area (Å²) in [6, 6.07) is 0.948. The Bertz CT molecular complexity index is 292. The summed E-state index contributed by atoms with van der Waals surface area (Å²) in [5, 5.41) is 3.37. The van der Waals surface area contributed by atoms with Crippen LogP contribution < -0.4 is 5.32 Å². The molecule has 0 fully saturated rings. The first kappa shape index (κ1) is 11.7. The quantitative estimate of drug-likeness (QED) is 0.902. The van der Waals surface area contributed by atoms with Crippen LogP contribution in [0, 0.1) is 0 Å². The highest BCUT2D eigenvalue weighted by Gasteiger charge is 2.08. The van der Waals surface area contributed by atoms with Crippen LogP contribution in [0.15, 0.2) is 10.8 Å². The minimum absolute atomic E-state index is 0.456. The molecule has 0 amide bonds. The maximum absolute atomic E-state index is 4.42. The average Bonchev–Trinajstić information content (AvgIpc) is 2.43. The van der Waals surface area contributed by atoms with E-state index in [2.05, 4.69) is 58.5 Å². The van der Waals surface area contributed by atoms with E-state index in [1.54, 1.807) is 0 Å². The molecule has 0 spiro atoms. The number of hydrogen-bond donors (Lipinski definition) is 1. The van der Waals surface area contributed by atoms with E-state index in [1.165, 1.54) is 0 Å². The van der Waals surface area contributed by atoms with E-state index in [9.17, 15) is 0 Å². The SMILES string of the molecule is CC(C)NCc1nc(Br)cn1C(C)C. The van der Waals surface area contributed by atoms with Crippen molar-refractivity contribution in [1.82, 2.24) is 14.9 Å². The predicted molar refractivity (Wildman–Crippen MR) is 62.3 cm³/mol. The molecule has 0 bridgehead atoms. The molecule has 0 aliphatic carbocycles. The molecule has 80 valence electrons. The van der Waals surface area contributed by atoms with Gasteiger partial charge in [0.1, 0.15) is 10.4 Å². The van der Waals surface area contributed by atoms with Crippen molar-refractivity contribution in [2.75, 3.05) is 0 Å². The molecule has 1 aromatic rings. The summed E-state index contributed by atoms with van der Waals surface area (Å²) in [6.07, 6.45) is 2.03. The van der Waals surface area contributed by atoms with Crippen LogP contribution in [0.25, 0.3) is 0 Å². The van der Waals surface area contributed by atoms with Gasteiger partial charge in [-0.05, 0) is 29.8 Å². The van der Waals surface area contributed by atoms with E-state index in [0.717, 1.165) is 17.0 Å². The van der Waals surface area contributed by atoms with Crippen molar-refractivity contribution in [2.45, 2.75) is 46.3 Å². The van der Waals surface area contributed by atoms with Crippen molar-refractivity contribution in [3.63, 3.8) is 0 Å². The largest absolute Gasteiger partial charge is 0.330 e. The normalized spacial score (nSPS) is 11.6. The standard InChI is InChI=1S/C10H18BrN3/c1-7(2)12-5-10-13-9(11)6-14(10)8(3)4/h6-8,12H,5H2,1-4H3. The van der Waals surface area contributed by atoms with Gasteiger partial charge in [0.2, 0.25) is 0 Å². The molecule has 1 N–H and O–H groups in total. The van der Waals surface area contributed by atoms with Gasteiger partial charge in [0.25, 0.3) is 0 Å². The lowest BCUT2D eigenvalue weighted by Crippen LogP contribution is -2.24. The summed E-state index contributed by atoms with van der Waals surface area (Å²) >= 11 is 3.40. The maximum Gasteiger partial charge on any atom is 0.124 e. The minimum Gasteiger partial charge on any atom is -0.330 e. The number of rotatable bonds is 4. The molecule has 0 atom stereocenters. The molecule has 1 heterocycles. The Morgan fingerprint density at radius 2 is 2.07 bits per heavy atom. The van der Waals surface area contributed by atoms with Gasteiger partial charge in [-0.3, -0.25) is 0 Å². The summed E-state index contributed by atoms with van der Waals surface area (Å²) in [7, 11) is 0. The fourth-order valence-electron chi connectivity index (χ4n) is 1.27. The molecule has 0 saturated heterocycles. The molecule has 1 rings (SSSR count). The van der Waals surface area contributed by atoms with Gasteiger partial charge in [-0.2, -0.15) is 0 Å². The Kier molecular flexibility index (Phi) is 4.13. The van der Waals surface area contributed by atoms with Crippen LogP contribution in [0.1, 0.15) is 39.6 Å². The van der Waals surface area contributed by atoms with Gasteiger partial charge in [0.05, 0.1) is 6.54 Å². The van der Waals surface area contributed by atoms with Crippen LogP contribution in [0.5, 0.6) is 0 Å². The van der Waals surface area contributed by atoms with Crippen molar-refractivity contribution in [2.24, 2.45) is 0 Å². The zero-order valence-electron chi connectivity index (χ0n) is 9.21. The molecule has 0 aliphatic heterocycles. The number of imidazole rings is 1. The van der Waals surface area contributed by atoms with Crippen LogP contribution in [-0.2, 0) is 6.54 Å². The molecule has 14 heavy (non-hydrogen) atoms. The lowest BCUT2D eigenvalue weighted by atomic mass is 10.3. The van der Waals surface area contributed by atoms with Crippen molar-refractivity contribution >= 4 is 15.9 Å². The molecule has 0 unspecified atom stereocenters. The smallest absolute Gasteiger partial charge is 0.124 e. The molecular weight excluding hydrogens is 242 g/mol. The summed E-state index contributed by atoms with van der Waals surface area (Å²) in [4.78, 5) is 4.42. The van der Waals surface area contributed by atoms with E-state index in [4.69, 9.17) is 0 Å². The first-order chi connectivity index (χ1) is 6.50. The van der Waals surface area contributed by atoms with E-state index >= 15 is 0 Å². The van der Waals surface area contributed by atoms with Gasteiger partial charge in [-0.1, -0.05) is 13.8 Å². The topological polar surface area (TPSA) is 29.9 Å².